The molecule has 0 fully saturated rings. The molecule has 3 heterocycles. The third-order valence-corrected chi connectivity index (χ3v) is 7.10. The van der Waals surface area contributed by atoms with E-state index in [9.17, 15) is 14.4 Å². The van der Waals surface area contributed by atoms with Gasteiger partial charge in [0.05, 0.1) is 28.1 Å². The molecular weight excluding hydrogens is 466 g/mol. The molecule has 0 spiro atoms. The lowest BCUT2D eigenvalue weighted by Gasteiger charge is -2.37. The molecule has 3 aromatic rings. The van der Waals surface area contributed by atoms with E-state index < -0.39 is 12.1 Å². The second kappa shape index (κ2) is 8.81. The molecule has 8 nitrogen and oxygen atoms in total. The Morgan fingerprint density at radius 3 is 2.69 bits per heavy atom. The average molecular weight is 492 g/mol. The Hall–Kier alpha value is -3.72. The molecule has 1 N–H and O–H groups in total. The van der Waals surface area contributed by atoms with Crippen molar-refractivity contribution in [1.82, 2.24) is 4.98 Å². The van der Waals surface area contributed by atoms with Crippen molar-refractivity contribution < 1.29 is 23.9 Å². The number of fused-ring (bicyclic) bond motifs is 2. The minimum Gasteiger partial charge on any atom is -0.482 e. The van der Waals surface area contributed by atoms with Crippen molar-refractivity contribution >= 4 is 40.3 Å². The van der Waals surface area contributed by atoms with Crippen LogP contribution in [0.2, 0.25) is 0 Å². The molecule has 2 atom stereocenters. The lowest BCUT2D eigenvalue weighted by Crippen LogP contribution is -2.52. The first-order valence-corrected chi connectivity index (χ1v) is 12.3. The molecule has 0 bridgehead atoms. The number of Topliss-reactive ketones (excluding diaryl/α,β-unsaturated/α-hetero) is 1. The summed E-state index contributed by atoms with van der Waals surface area (Å²) in [5, 5.41) is 3.68. The Morgan fingerprint density at radius 2 is 1.97 bits per heavy atom. The smallest absolute Gasteiger partial charge is 0.268 e. The maximum absolute atomic E-state index is 13.6. The van der Waals surface area contributed by atoms with Crippen LogP contribution in [0, 0.1) is 13.8 Å². The van der Waals surface area contributed by atoms with Crippen LogP contribution in [0.15, 0.2) is 36.4 Å². The predicted molar refractivity (Wildman–Crippen MR) is 134 cm³/mol. The Bertz CT molecular complexity index is 1370. The molecule has 0 saturated carbocycles. The van der Waals surface area contributed by atoms with E-state index >= 15 is 0 Å². The Kier molecular flexibility index (Phi) is 5.80. The van der Waals surface area contributed by atoms with Gasteiger partial charge in [0.15, 0.2) is 18.5 Å². The molecule has 2 amide bonds. The number of anilines is 2. The minimum atomic E-state index is -0.800. The first-order valence-electron chi connectivity index (χ1n) is 11.5. The number of thiazole rings is 1. The second-order valence-corrected chi connectivity index (χ2v) is 10.0. The van der Waals surface area contributed by atoms with E-state index in [2.05, 4.69) is 10.3 Å². The van der Waals surface area contributed by atoms with Gasteiger partial charge in [-0.1, -0.05) is 6.92 Å². The maximum Gasteiger partial charge on any atom is 0.268 e. The van der Waals surface area contributed by atoms with Crippen molar-refractivity contribution in [2.24, 2.45) is 0 Å². The van der Waals surface area contributed by atoms with Crippen LogP contribution in [0.3, 0.4) is 0 Å². The molecule has 0 aliphatic carbocycles. The number of hydrogen-bond acceptors (Lipinski definition) is 7. The molecule has 1 aromatic heterocycles. The number of nitrogens with one attached hydrogen (secondary N) is 1. The van der Waals surface area contributed by atoms with Crippen LogP contribution in [0.4, 0.5) is 11.4 Å². The van der Waals surface area contributed by atoms with E-state index in [1.165, 1.54) is 4.90 Å². The summed E-state index contributed by atoms with van der Waals surface area (Å²) in [6.07, 6.45) is -0.201. The molecule has 2 aromatic carbocycles. The van der Waals surface area contributed by atoms with Crippen LogP contribution in [-0.4, -0.2) is 41.3 Å². The summed E-state index contributed by atoms with van der Waals surface area (Å²) in [5.74, 6) is 0.258. The van der Waals surface area contributed by atoms with Crippen molar-refractivity contribution in [3.05, 3.63) is 51.8 Å². The molecular formula is C26H25N3O5S. The van der Waals surface area contributed by atoms with Crippen LogP contribution in [0.5, 0.6) is 11.5 Å². The minimum absolute atomic E-state index is 0.0610. The van der Waals surface area contributed by atoms with Gasteiger partial charge in [-0.15, -0.1) is 11.3 Å². The number of rotatable bonds is 5. The highest BCUT2D eigenvalue weighted by Crippen LogP contribution is 2.41. The third-order valence-electron chi connectivity index (χ3n) is 6.21. The van der Waals surface area contributed by atoms with E-state index in [0.717, 1.165) is 21.1 Å². The summed E-state index contributed by atoms with van der Waals surface area (Å²) in [4.78, 5) is 46.0. The lowest BCUT2D eigenvalue weighted by atomic mass is 9.99. The van der Waals surface area contributed by atoms with Crippen molar-refractivity contribution in [3.8, 4) is 22.8 Å². The zero-order valence-corrected chi connectivity index (χ0v) is 20.7. The molecule has 180 valence electrons. The van der Waals surface area contributed by atoms with Gasteiger partial charge in [0.2, 0.25) is 0 Å². The van der Waals surface area contributed by atoms with E-state index in [4.69, 9.17) is 9.47 Å². The van der Waals surface area contributed by atoms with Crippen molar-refractivity contribution in [3.63, 3.8) is 0 Å². The summed E-state index contributed by atoms with van der Waals surface area (Å²) in [5.41, 5.74) is 3.06. The number of aryl methyl sites for hydroxylation is 2. The number of ketones is 1. The van der Waals surface area contributed by atoms with Gasteiger partial charge in [0.25, 0.3) is 11.8 Å². The largest absolute Gasteiger partial charge is 0.482 e. The van der Waals surface area contributed by atoms with Gasteiger partial charge in [0, 0.05) is 16.0 Å². The topological polar surface area (TPSA) is 97.8 Å². The number of carbonyl (C=O) groups excluding carboxylic acids is 3. The van der Waals surface area contributed by atoms with E-state index in [1.54, 1.807) is 36.5 Å². The normalized spacial score (nSPS) is 17.6. The maximum atomic E-state index is 13.6. The lowest BCUT2D eigenvalue weighted by molar-refractivity contribution is -0.126. The van der Waals surface area contributed by atoms with Gasteiger partial charge < -0.3 is 14.8 Å². The molecule has 2 aliphatic heterocycles. The fourth-order valence-electron chi connectivity index (χ4n) is 4.48. The van der Waals surface area contributed by atoms with Gasteiger partial charge in [-0.3, -0.25) is 19.3 Å². The summed E-state index contributed by atoms with van der Waals surface area (Å²) in [6, 6.07) is 9.73. The zero-order valence-electron chi connectivity index (χ0n) is 19.9. The van der Waals surface area contributed by atoms with Crippen LogP contribution < -0.4 is 19.7 Å². The zero-order chi connectivity index (χ0) is 24.9. The summed E-state index contributed by atoms with van der Waals surface area (Å²) >= 11 is 1.61. The highest BCUT2D eigenvalue weighted by molar-refractivity contribution is 7.11. The van der Waals surface area contributed by atoms with Crippen molar-refractivity contribution in [2.75, 3.05) is 16.8 Å². The first-order chi connectivity index (χ1) is 16.8. The van der Waals surface area contributed by atoms with Gasteiger partial charge >= 0.3 is 0 Å². The number of benzene rings is 2. The van der Waals surface area contributed by atoms with Gasteiger partial charge in [0.1, 0.15) is 11.5 Å². The van der Waals surface area contributed by atoms with Crippen LogP contribution in [-0.2, 0) is 9.59 Å². The standard InChI is InChI=1S/C26H25N3O5S/c1-5-20-26(32)29(13(2)25(31)17-7-8-21-18(10-17)28-23(30)12-33-21)19-11-16(6-9-22(19)34-20)24-14(3)35-15(4)27-24/h6-11,13,20H,5,12H2,1-4H3,(H,28,30). The highest BCUT2D eigenvalue weighted by atomic mass is 32.1. The molecule has 0 saturated heterocycles. The number of amides is 2. The molecule has 9 heteroatoms. The SMILES string of the molecule is CCC1Oc2ccc(-c3nc(C)sc3C)cc2N(C(C)C(=O)c2ccc3c(c2)NC(=O)CO3)C1=O. The number of aromatic nitrogens is 1. The number of ether oxygens (including phenoxy) is 2. The van der Waals surface area contributed by atoms with Crippen LogP contribution in [0.1, 0.15) is 40.5 Å². The number of nitrogens with zero attached hydrogens (tertiary/aromatic N) is 2. The first kappa shape index (κ1) is 23.0. The average Bonchev–Trinajstić information content (AvgIpc) is 3.19. The molecule has 35 heavy (non-hydrogen) atoms. The summed E-state index contributed by atoms with van der Waals surface area (Å²) in [6.45, 7) is 7.49. The van der Waals surface area contributed by atoms with E-state index in [-0.39, 0.29) is 24.2 Å². The number of carbonyl (C=O) groups is 3. The van der Waals surface area contributed by atoms with Crippen LogP contribution >= 0.6 is 11.3 Å². The Morgan fingerprint density at radius 1 is 1.20 bits per heavy atom. The third kappa shape index (κ3) is 4.05. The van der Waals surface area contributed by atoms with Crippen molar-refractivity contribution in [1.29, 1.82) is 0 Å². The van der Waals surface area contributed by atoms with Gasteiger partial charge in [-0.2, -0.15) is 0 Å². The second-order valence-electron chi connectivity index (χ2n) is 8.63. The molecule has 0 radical (unpaired) electrons. The molecule has 2 unspecified atom stereocenters. The van der Waals surface area contributed by atoms with Crippen LogP contribution in [0.25, 0.3) is 11.3 Å². The summed E-state index contributed by atoms with van der Waals surface area (Å²) in [7, 11) is 0. The Labute approximate surface area is 206 Å². The van der Waals surface area contributed by atoms with Gasteiger partial charge in [-0.05, 0) is 63.6 Å². The summed E-state index contributed by atoms with van der Waals surface area (Å²) < 4.78 is 11.4. The molecule has 5 rings (SSSR count). The quantitative estimate of drug-likeness (QED) is 0.527. The van der Waals surface area contributed by atoms with E-state index in [0.29, 0.717) is 34.9 Å². The fraction of sp³-hybridized carbons (Fsp3) is 0.308. The van der Waals surface area contributed by atoms with E-state index in [1.807, 2.05) is 39.0 Å². The Balaban J connectivity index is 1.54. The number of hydrogen-bond donors (Lipinski definition) is 1. The molecule has 2 aliphatic rings. The highest BCUT2D eigenvalue weighted by Gasteiger charge is 2.39. The predicted octanol–water partition coefficient (Wildman–Crippen LogP) is 4.53. The fourth-order valence-corrected chi connectivity index (χ4v) is 5.32. The van der Waals surface area contributed by atoms with Gasteiger partial charge in [-0.25, -0.2) is 4.98 Å². The monoisotopic (exact) mass is 491 g/mol. The van der Waals surface area contributed by atoms with Crippen molar-refractivity contribution in [2.45, 2.75) is 46.3 Å².